The average Bonchev–Trinajstić information content (AvgIpc) is 2.78. The number of carboxylic acid groups (broad SMARTS) is 1. The molecule has 0 aromatic carbocycles. The number of hydrogen-bond acceptors (Lipinski definition) is 3. The molecule has 2 N–H and O–H groups in total. The molecule has 82 valence electrons. The molecule has 0 spiro atoms. The van der Waals surface area contributed by atoms with Crippen molar-refractivity contribution in [2.24, 2.45) is 0 Å². The van der Waals surface area contributed by atoms with Crippen LogP contribution in [0.2, 0.25) is 0 Å². The molecule has 1 aliphatic heterocycles. The molecule has 0 aliphatic carbocycles. The number of aromatic carboxylic acids is 1. The second-order valence-electron chi connectivity index (χ2n) is 3.53. The number of nitrogens with one attached hydrogen (secondary N) is 1. The first-order valence-corrected chi connectivity index (χ1v) is 5.22. The Labute approximate surface area is 91.7 Å². The second-order valence-corrected chi connectivity index (χ2v) is 3.92. The zero-order valence-corrected chi connectivity index (χ0v) is 8.92. The highest BCUT2D eigenvalue weighted by Gasteiger charge is 2.19. The van der Waals surface area contributed by atoms with E-state index in [0.717, 1.165) is 19.4 Å². The van der Waals surface area contributed by atoms with E-state index >= 15 is 0 Å². The number of H-pyrrole nitrogens is 1. The Morgan fingerprint density at radius 2 is 2.60 bits per heavy atom. The molecule has 15 heavy (non-hydrogen) atoms. The van der Waals surface area contributed by atoms with Crippen molar-refractivity contribution < 1.29 is 14.6 Å². The van der Waals surface area contributed by atoms with E-state index in [2.05, 4.69) is 4.98 Å². The molecule has 1 atom stereocenters. The zero-order chi connectivity index (χ0) is 10.8. The molecule has 1 fully saturated rings. The van der Waals surface area contributed by atoms with Crippen molar-refractivity contribution in [2.45, 2.75) is 25.5 Å². The normalized spacial score (nSPS) is 20.7. The first-order chi connectivity index (χ1) is 7.18. The van der Waals surface area contributed by atoms with Crippen LogP contribution in [-0.4, -0.2) is 33.3 Å². The molecule has 0 amide bonds. The van der Waals surface area contributed by atoms with Crippen LogP contribution in [0.4, 0.5) is 0 Å². The highest BCUT2D eigenvalue weighted by molar-refractivity contribution is 7.71. The van der Waals surface area contributed by atoms with Gasteiger partial charge in [-0.05, 0) is 25.1 Å². The summed E-state index contributed by atoms with van der Waals surface area (Å²) in [7, 11) is 0. The summed E-state index contributed by atoms with van der Waals surface area (Å²) in [6, 6.07) is 0. The summed E-state index contributed by atoms with van der Waals surface area (Å²) in [4.78, 5) is 13.6. The molecule has 5 nitrogen and oxygen atoms in total. The molecule has 0 radical (unpaired) electrons. The second kappa shape index (κ2) is 4.16. The average molecular weight is 228 g/mol. The summed E-state index contributed by atoms with van der Waals surface area (Å²) in [5.74, 6) is -0.972. The van der Waals surface area contributed by atoms with Gasteiger partial charge in [0.25, 0.3) is 0 Å². The van der Waals surface area contributed by atoms with Crippen molar-refractivity contribution in [3.05, 3.63) is 16.7 Å². The van der Waals surface area contributed by atoms with E-state index in [1.54, 1.807) is 4.57 Å². The van der Waals surface area contributed by atoms with E-state index in [0.29, 0.717) is 11.3 Å². The van der Waals surface area contributed by atoms with Crippen molar-refractivity contribution >= 4 is 18.2 Å². The van der Waals surface area contributed by atoms with Gasteiger partial charge in [-0.15, -0.1) is 0 Å². The van der Waals surface area contributed by atoms with Gasteiger partial charge in [-0.25, -0.2) is 4.79 Å². The van der Waals surface area contributed by atoms with Crippen LogP contribution in [0.3, 0.4) is 0 Å². The first kappa shape index (κ1) is 10.4. The standard InChI is InChI=1S/C9H12N2O3S/c12-8(13)7-4-10-9(15)11(7)5-6-2-1-3-14-6/h4,6H,1-3,5H2,(H,10,15)(H,12,13)/t6-/m1/s1. The number of ether oxygens (including phenoxy) is 1. The molecule has 1 aromatic rings. The van der Waals surface area contributed by atoms with Crippen molar-refractivity contribution in [1.82, 2.24) is 9.55 Å². The number of rotatable bonds is 3. The van der Waals surface area contributed by atoms with Crippen LogP contribution < -0.4 is 0 Å². The maximum absolute atomic E-state index is 10.9. The van der Waals surface area contributed by atoms with Gasteiger partial charge in [-0.1, -0.05) is 0 Å². The highest BCUT2D eigenvalue weighted by Crippen LogP contribution is 2.15. The maximum atomic E-state index is 10.9. The smallest absolute Gasteiger partial charge is 0.354 e. The SMILES string of the molecule is O=C(O)c1c[nH]c(=S)n1C[C@H]1CCCO1. The van der Waals surface area contributed by atoms with Gasteiger partial charge in [0.15, 0.2) is 4.77 Å². The van der Waals surface area contributed by atoms with Crippen molar-refractivity contribution in [2.75, 3.05) is 6.61 Å². The largest absolute Gasteiger partial charge is 0.477 e. The topological polar surface area (TPSA) is 67.2 Å². The van der Waals surface area contributed by atoms with E-state index in [1.165, 1.54) is 6.20 Å². The fourth-order valence-electron chi connectivity index (χ4n) is 1.75. The van der Waals surface area contributed by atoms with Crippen molar-refractivity contribution in [1.29, 1.82) is 0 Å². The number of nitrogens with zero attached hydrogens (tertiary/aromatic N) is 1. The summed E-state index contributed by atoms with van der Waals surface area (Å²) >= 11 is 5.02. The summed E-state index contributed by atoms with van der Waals surface area (Å²) in [6.45, 7) is 1.27. The van der Waals surface area contributed by atoms with E-state index in [-0.39, 0.29) is 11.8 Å². The van der Waals surface area contributed by atoms with Gasteiger partial charge in [-0.2, -0.15) is 0 Å². The quantitative estimate of drug-likeness (QED) is 0.768. The monoisotopic (exact) mass is 228 g/mol. The van der Waals surface area contributed by atoms with Crippen LogP contribution in [0.5, 0.6) is 0 Å². The fraction of sp³-hybridized carbons (Fsp3) is 0.556. The molecule has 1 aromatic heterocycles. The Balaban J connectivity index is 2.22. The third-order valence-electron chi connectivity index (χ3n) is 2.50. The third-order valence-corrected chi connectivity index (χ3v) is 2.84. The predicted molar refractivity (Wildman–Crippen MR) is 55.6 cm³/mol. The van der Waals surface area contributed by atoms with Crippen molar-refractivity contribution in [3.63, 3.8) is 0 Å². The van der Waals surface area contributed by atoms with Crippen LogP contribution in [0.15, 0.2) is 6.20 Å². The third kappa shape index (κ3) is 2.10. The summed E-state index contributed by atoms with van der Waals surface area (Å²) < 4.78 is 7.45. The van der Waals surface area contributed by atoms with Crippen LogP contribution in [0.1, 0.15) is 23.3 Å². The molecule has 6 heteroatoms. The molecular weight excluding hydrogens is 216 g/mol. The Kier molecular flexibility index (Phi) is 2.88. The Bertz CT molecular complexity index is 417. The molecular formula is C9H12N2O3S. The Morgan fingerprint density at radius 1 is 1.80 bits per heavy atom. The number of aromatic amines is 1. The minimum Gasteiger partial charge on any atom is -0.477 e. The maximum Gasteiger partial charge on any atom is 0.354 e. The first-order valence-electron chi connectivity index (χ1n) is 4.81. The Hall–Kier alpha value is -1.14. The van der Waals surface area contributed by atoms with Crippen LogP contribution >= 0.6 is 12.2 Å². The summed E-state index contributed by atoms with van der Waals surface area (Å²) in [6.07, 6.45) is 3.50. The lowest BCUT2D eigenvalue weighted by molar-refractivity contribution is 0.0670. The molecule has 0 bridgehead atoms. The van der Waals surface area contributed by atoms with Gasteiger partial charge in [0.1, 0.15) is 5.69 Å². The summed E-state index contributed by atoms with van der Waals surface area (Å²) in [5.41, 5.74) is 0.190. The van der Waals surface area contributed by atoms with Gasteiger partial charge >= 0.3 is 5.97 Å². The van der Waals surface area contributed by atoms with E-state index in [9.17, 15) is 4.79 Å². The van der Waals surface area contributed by atoms with Gasteiger partial charge in [0.2, 0.25) is 0 Å². The molecule has 0 saturated carbocycles. The number of hydrogen-bond donors (Lipinski definition) is 2. The minimum atomic E-state index is -0.972. The van der Waals surface area contributed by atoms with Crippen molar-refractivity contribution in [3.8, 4) is 0 Å². The lowest BCUT2D eigenvalue weighted by atomic mass is 10.2. The summed E-state index contributed by atoms with van der Waals surface area (Å²) in [5, 5.41) is 8.92. The van der Waals surface area contributed by atoms with Gasteiger partial charge < -0.3 is 19.4 Å². The van der Waals surface area contributed by atoms with Gasteiger partial charge in [-0.3, -0.25) is 0 Å². The number of aromatic nitrogens is 2. The lowest BCUT2D eigenvalue weighted by Crippen LogP contribution is -2.18. The number of carboxylic acids is 1. The number of carbonyl (C=O) groups is 1. The predicted octanol–water partition coefficient (Wildman–Crippen LogP) is 1.42. The van der Waals surface area contributed by atoms with Crippen LogP contribution in [-0.2, 0) is 11.3 Å². The van der Waals surface area contributed by atoms with Gasteiger partial charge in [0, 0.05) is 12.8 Å². The molecule has 1 aliphatic rings. The molecule has 2 rings (SSSR count). The molecule has 2 heterocycles. The lowest BCUT2D eigenvalue weighted by Gasteiger charge is -2.11. The molecule has 0 unspecified atom stereocenters. The molecule has 1 saturated heterocycles. The van der Waals surface area contributed by atoms with Crippen LogP contribution in [0.25, 0.3) is 0 Å². The van der Waals surface area contributed by atoms with Crippen LogP contribution in [0, 0.1) is 4.77 Å². The highest BCUT2D eigenvalue weighted by atomic mass is 32.1. The zero-order valence-electron chi connectivity index (χ0n) is 8.10. The van der Waals surface area contributed by atoms with Gasteiger partial charge in [0.05, 0.1) is 12.6 Å². The van der Waals surface area contributed by atoms with E-state index in [1.807, 2.05) is 0 Å². The van der Waals surface area contributed by atoms with E-state index < -0.39 is 5.97 Å². The fourth-order valence-corrected chi connectivity index (χ4v) is 1.98. The van der Waals surface area contributed by atoms with E-state index in [4.69, 9.17) is 22.1 Å². The Morgan fingerprint density at radius 3 is 3.20 bits per heavy atom. The minimum absolute atomic E-state index is 0.0885. The number of imidazole rings is 1.